The molecule has 0 spiro atoms. The molecule has 0 aliphatic heterocycles. The van der Waals surface area contributed by atoms with E-state index < -0.39 is 0 Å². The summed E-state index contributed by atoms with van der Waals surface area (Å²) in [7, 11) is 1.67. The van der Waals surface area contributed by atoms with E-state index >= 15 is 0 Å². The highest BCUT2D eigenvalue weighted by molar-refractivity contribution is 6.30. The summed E-state index contributed by atoms with van der Waals surface area (Å²) in [6, 6.07) is 5.81. The number of halogens is 1. The Balaban J connectivity index is 2.15. The second-order valence-electron chi connectivity index (χ2n) is 5.43. The Hall–Kier alpha value is -0.730. The predicted molar refractivity (Wildman–Crippen MR) is 76.1 cm³/mol. The van der Waals surface area contributed by atoms with Gasteiger partial charge < -0.3 is 10.5 Å². The van der Waals surface area contributed by atoms with Crippen molar-refractivity contribution in [3.8, 4) is 5.75 Å². The molecule has 0 aromatic heterocycles. The SMILES string of the molecule is COc1cc(Cl)ccc1C(N)C1CCC(C)CC1. The van der Waals surface area contributed by atoms with E-state index in [0.717, 1.165) is 17.2 Å². The average Bonchev–Trinajstić information content (AvgIpc) is 2.38. The highest BCUT2D eigenvalue weighted by Gasteiger charge is 2.26. The molecule has 0 bridgehead atoms. The van der Waals surface area contributed by atoms with Gasteiger partial charge in [-0.05, 0) is 36.8 Å². The molecular weight excluding hydrogens is 246 g/mol. The molecule has 2 rings (SSSR count). The van der Waals surface area contributed by atoms with E-state index in [2.05, 4.69) is 6.92 Å². The van der Waals surface area contributed by atoms with Crippen molar-refractivity contribution in [3.05, 3.63) is 28.8 Å². The number of hydrogen-bond acceptors (Lipinski definition) is 2. The summed E-state index contributed by atoms with van der Waals surface area (Å²) in [6.45, 7) is 2.32. The van der Waals surface area contributed by atoms with E-state index in [1.807, 2.05) is 18.2 Å². The first-order valence-electron chi connectivity index (χ1n) is 6.71. The molecule has 1 atom stereocenters. The number of methoxy groups -OCH3 is 1. The van der Waals surface area contributed by atoms with Crippen molar-refractivity contribution in [2.45, 2.75) is 38.6 Å². The minimum absolute atomic E-state index is 0.0599. The Morgan fingerprint density at radius 1 is 1.28 bits per heavy atom. The van der Waals surface area contributed by atoms with Crippen LogP contribution in [0.1, 0.15) is 44.2 Å². The Morgan fingerprint density at radius 3 is 2.56 bits per heavy atom. The van der Waals surface area contributed by atoms with Crippen LogP contribution >= 0.6 is 11.6 Å². The van der Waals surface area contributed by atoms with Crippen molar-refractivity contribution >= 4 is 11.6 Å². The summed E-state index contributed by atoms with van der Waals surface area (Å²) < 4.78 is 5.39. The predicted octanol–water partition coefficient (Wildman–Crippen LogP) is 4.17. The van der Waals surface area contributed by atoms with Crippen LogP contribution in [0.5, 0.6) is 5.75 Å². The topological polar surface area (TPSA) is 35.2 Å². The molecular formula is C15H22ClNO. The van der Waals surface area contributed by atoms with Gasteiger partial charge in [0.1, 0.15) is 5.75 Å². The van der Waals surface area contributed by atoms with Gasteiger partial charge in [-0.25, -0.2) is 0 Å². The van der Waals surface area contributed by atoms with Crippen molar-refractivity contribution in [3.63, 3.8) is 0 Å². The van der Waals surface area contributed by atoms with Crippen LogP contribution in [-0.4, -0.2) is 7.11 Å². The summed E-state index contributed by atoms with van der Waals surface area (Å²) in [5, 5.41) is 0.695. The van der Waals surface area contributed by atoms with Gasteiger partial charge in [-0.2, -0.15) is 0 Å². The molecule has 0 amide bonds. The normalized spacial score (nSPS) is 25.8. The second kappa shape index (κ2) is 5.94. The van der Waals surface area contributed by atoms with E-state index in [1.54, 1.807) is 7.11 Å². The molecule has 100 valence electrons. The fourth-order valence-electron chi connectivity index (χ4n) is 2.86. The number of benzene rings is 1. The zero-order chi connectivity index (χ0) is 13.1. The largest absolute Gasteiger partial charge is 0.496 e. The highest BCUT2D eigenvalue weighted by Crippen LogP contribution is 2.38. The lowest BCUT2D eigenvalue weighted by Gasteiger charge is -2.31. The van der Waals surface area contributed by atoms with Gasteiger partial charge in [-0.1, -0.05) is 37.4 Å². The van der Waals surface area contributed by atoms with E-state index in [1.165, 1.54) is 25.7 Å². The van der Waals surface area contributed by atoms with Gasteiger partial charge >= 0.3 is 0 Å². The Labute approximate surface area is 114 Å². The molecule has 2 N–H and O–H groups in total. The van der Waals surface area contributed by atoms with Gasteiger partial charge in [-0.3, -0.25) is 0 Å². The van der Waals surface area contributed by atoms with Gasteiger partial charge in [0.05, 0.1) is 7.11 Å². The van der Waals surface area contributed by atoms with Crippen molar-refractivity contribution in [1.29, 1.82) is 0 Å². The van der Waals surface area contributed by atoms with Crippen LogP contribution in [0.25, 0.3) is 0 Å². The molecule has 1 aliphatic rings. The molecule has 2 nitrogen and oxygen atoms in total. The number of hydrogen-bond donors (Lipinski definition) is 1. The highest BCUT2D eigenvalue weighted by atomic mass is 35.5. The van der Waals surface area contributed by atoms with Crippen molar-refractivity contribution in [2.24, 2.45) is 17.6 Å². The third kappa shape index (κ3) is 2.99. The lowest BCUT2D eigenvalue weighted by atomic mass is 9.77. The average molecular weight is 268 g/mol. The third-order valence-electron chi connectivity index (χ3n) is 4.12. The maximum absolute atomic E-state index is 6.42. The van der Waals surface area contributed by atoms with Gasteiger partial charge in [-0.15, -0.1) is 0 Å². The zero-order valence-corrected chi connectivity index (χ0v) is 11.9. The molecule has 3 heteroatoms. The van der Waals surface area contributed by atoms with Gasteiger partial charge in [0, 0.05) is 16.6 Å². The lowest BCUT2D eigenvalue weighted by Crippen LogP contribution is -2.25. The Bertz CT molecular complexity index is 399. The molecule has 1 aliphatic carbocycles. The molecule has 0 saturated heterocycles. The second-order valence-corrected chi connectivity index (χ2v) is 5.87. The third-order valence-corrected chi connectivity index (χ3v) is 4.36. The van der Waals surface area contributed by atoms with E-state index in [4.69, 9.17) is 22.1 Å². The van der Waals surface area contributed by atoms with Gasteiger partial charge in [0.2, 0.25) is 0 Å². The van der Waals surface area contributed by atoms with Gasteiger partial charge in [0.15, 0.2) is 0 Å². The zero-order valence-electron chi connectivity index (χ0n) is 11.2. The number of rotatable bonds is 3. The fraction of sp³-hybridized carbons (Fsp3) is 0.600. The molecule has 0 heterocycles. The molecule has 0 radical (unpaired) electrons. The summed E-state index contributed by atoms with van der Waals surface area (Å²) in [4.78, 5) is 0. The molecule has 1 aromatic carbocycles. The van der Waals surface area contributed by atoms with Crippen molar-refractivity contribution < 1.29 is 4.74 Å². The van der Waals surface area contributed by atoms with Crippen molar-refractivity contribution in [1.82, 2.24) is 0 Å². The first-order valence-corrected chi connectivity index (χ1v) is 7.08. The minimum atomic E-state index is 0.0599. The van der Waals surface area contributed by atoms with Crippen LogP contribution in [0, 0.1) is 11.8 Å². The van der Waals surface area contributed by atoms with Crippen LogP contribution in [-0.2, 0) is 0 Å². The molecule has 1 unspecified atom stereocenters. The number of nitrogens with two attached hydrogens (primary N) is 1. The molecule has 1 aromatic rings. The van der Waals surface area contributed by atoms with Crippen LogP contribution in [0.2, 0.25) is 5.02 Å². The monoisotopic (exact) mass is 267 g/mol. The van der Waals surface area contributed by atoms with Crippen LogP contribution in [0.4, 0.5) is 0 Å². The summed E-state index contributed by atoms with van der Waals surface area (Å²) in [6.07, 6.45) is 5.00. The smallest absolute Gasteiger partial charge is 0.125 e. The van der Waals surface area contributed by atoms with Crippen LogP contribution < -0.4 is 10.5 Å². The van der Waals surface area contributed by atoms with Crippen molar-refractivity contribution in [2.75, 3.05) is 7.11 Å². The van der Waals surface area contributed by atoms with E-state index in [0.29, 0.717) is 10.9 Å². The summed E-state index contributed by atoms with van der Waals surface area (Å²) >= 11 is 5.98. The van der Waals surface area contributed by atoms with E-state index in [-0.39, 0.29) is 6.04 Å². The minimum Gasteiger partial charge on any atom is -0.496 e. The summed E-state index contributed by atoms with van der Waals surface area (Å²) in [5.41, 5.74) is 7.50. The Kier molecular flexibility index (Phi) is 4.52. The van der Waals surface area contributed by atoms with Crippen LogP contribution in [0.3, 0.4) is 0 Å². The first kappa shape index (κ1) is 13.7. The molecule has 1 saturated carbocycles. The standard InChI is InChI=1S/C15H22ClNO/c1-10-3-5-11(6-4-10)15(17)13-8-7-12(16)9-14(13)18-2/h7-11,15H,3-6,17H2,1-2H3. The first-order chi connectivity index (χ1) is 8.61. The quantitative estimate of drug-likeness (QED) is 0.892. The number of ether oxygens (including phenoxy) is 1. The summed E-state index contributed by atoms with van der Waals surface area (Å²) in [5.74, 6) is 2.23. The maximum atomic E-state index is 6.42. The molecule has 1 fully saturated rings. The van der Waals surface area contributed by atoms with Gasteiger partial charge in [0.25, 0.3) is 0 Å². The Morgan fingerprint density at radius 2 is 1.94 bits per heavy atom. The maximum Gasteiger partial charge on any atom is 0.125 e. The lowest BCUT2D eigenvalue weighted by molar-refractivity contribution is 0.253. The van der Waals surface area contributed by atoms with Crippen LogP contribution in [0.15, 0.2) is 18.2 Å². The fourth-order valence-corrected chi connectivity index (χ4v) is 3.02. The molecule has 18 heavy (non-hydrogen) atoms. The van der Waals surface area contributed by atoms with E-state index in [9.17, 15) is 0 Å².